The van der Waals surface area contributed by atoms with Crippen LogP contribution in [0.1, 0.15) is 35.5 Å². The van der Waals surface area contributed by atoms with Gasteiger partial charge in [0.2, 0.25) is 0 Å². The van der Waals surface area contributed by atoms with Gasteiger partial charge in [0, 0.05) is 1.37 Å². The SMILES string of the molecule is [2H]C(C)C(C)C(C)C. The zero-order chi connectivity index (χ0) is 6.73. The molecule has 0 bridgehead atoms. The fourth-order valence-electron chi connectivity index (χ4n) is 0.385. The van der Waals surface area contributed by atoms with Gasteiger partial charge in [-0.3, -0.25) is 0 Å². The maximum Gasteiger partial charge on any atom is 0.0267 e. The molecule has 0 amide bonds. The van der Waals surface area contributed by atoms with Gasteiger partial charge in [-0.05, 0) is 11.8 Å². The van der Waals surface area contributed by atoms with Gasteiger partial charge in [-0.15, -0.1) is 0 Å². The molecule has 44 valence electrons. The maximum atomic E-state index is 7.31. The van der Waals surface area contributed by atoms with Crippen LogP contribution in [0, 0.1) is 11.8 Å². The average Bonchev–Trinajstić information content (AvgIpc) is 1.64. The van der Waals surface area contributed by atoms with Crippen molar-refractivity contribution in [2.24, 2.45) is 11.8 Å². The summed E-state index contributed by atoms with van der Waals surface area (Å²) in [4.78, 5) is 0. The van der Waals surface area contributed by atoms with Crippen molar-refractivity contribution in [3.8, 4) is 0 Å². The van der Waals surface area contributed by atoms with E-state index in [9.17, 15) is 0 Å². The topological polar surface area (TPSA) is 0 Å². The van der Waals surface area contributed by atoms with Crippen LogP contribution in [-0.2, 0) is 0 Å². The van der Waals surface area contributed by atoms with Crippen LogP contribution >= 0.6 is 0 Å². The van der Waals surface area contributed by atoms with Gasteiger partial charge < -0.3 is 0 Å². The Bertz CT molecular complexity index is 49.4. The van der Waals surface area contributed by atoms with Gasteiger partial charge in [-0.2, -0.15) is 0 Å². The van der Waals surface area contributed by atoms with Crippen LogP contribution in [0.3, 0.4) is 0 Å². The van der Waals surface area contributed by atoms with Crippen molar-refractivity contribution in [1.29, 1.82) is 0 Å². The Kier molecular flexibility index (Phi) is 2.25. The largest absolute Gasteiger partial charge is 0.0651 e. The Balaban J connectivity index is 3.46. The Morgan fingerprint density at radius 2 is 1.86 bits per heavy atom. The highest BCUT2D eigenvalue weighted by molar-refractivity contribution is 4.52. The zero-order valence-electron chi connectivity index (χ0n) is 6.73. The van der Waals surface area contributed by atoms with E-state index in [0.29, 0.717) is 11.8 Å². The zero-order valence-corrected chi connectivity index (χ0v) is 5.73. The lowest BCUT2D eigenvalue weighted by Gasteiger charge is -2.10. The monoisotopic (exact) mass is 101 g/mol. The molecule has 0 heteroatoms. The van der Waals surface area contributed by atoms with Crippen LogP contribution in [-0.4, -0.2) is 0 Å². The Hall–Kier alpha value is 0. The van der Waals surface area contributed by atoms with Crippen molar-refractivity contribution in [3.63, 3.8) is 0 Å². The van der Waals surface area contributed by atoms with Crippen molar-refractivity contribution in [2.75, 3.05) is 0 Å². The van der Waals surface area contributed by atoms with Gasteiger partial charge in [0.1, 0.15) is 0 Å². The maximum absolute atomic E-state index is 7.31. The molecule has 0 aromatic carbocycles. The molecule has 0 aliphatic carbocycles. The molecule has 2 atom stereocenters. The molecular formula is C7H16. The number of rotatable bonds is 2. The second kappa shape index (κ2) is 3.06. The molecule has 0 aromatic heterocycles. The fraction of sp³-hybridized carbons (Fsp3) is 1.00. The Morgan fingerprint density at radius 1 is 1.43 bits per heavy atom. The van der Waals surface area contributed by atoms with Gasteiger partial charge in [0.15, 0.2) is 0 Å². The molecule has 0 N–H and O–H groups in total. The van der Waals surface area contributed by atoms with Crippen molar-refractivity contribution < 1.29 is 1.37 Å². The molecule has 0 nitrogen and oxygen atoms in total. The van der Waals surface area contributed by atoms with Crippen LogP contribution in [0.25, 0.3) is 0 Å². The molecule has 7 heavy (non-hydrogen) atoms. The summed E-state index contributed by atoms with van der Waals surface area (Å²) >= 11 is 0. The Labute approximate surface area is 48.3 Å². The molecule has 0 fully saturated rings. The van der Waals surface area contributed by atoms with E-state index in [4.69, 9.17) is 1.37 Å². The van der Waals surface area contributed by atoms with Crippen LogP contribution in [0.4, 0.5) is 0 Å². The van der Waals surface area contributed by atoms with Crippen LogP contribution in [0.15, 0.2) is 0 Å². The first-order valence-electron chi connectivity index (χ1n) is 3.55. The van der Waals surface area contributed by atoms with Crippen molar-refractivity contribution in [1.82, 2.24) is 0 Å². The van der Waals surface area contributed by atoms with E-state index in [2.05, 4.69) is 20.8 Å². The number of hydrogen-bond acceptors (Lipinski definition) is 0. The Morgan fingerprint density at radius 3 is 1.86 bits per heavy atom. The molecule has 0 radical (unpaired) electrons. The molecule has 0 rings (SSSR count). The third kappa shape index (κ3) is 2.67. The highest BCUT2D eigenvalue weighted by atomic mass is 14.1. The van der Waals surface area contributed by atoms with E-state index in [0.717, 1.165) is 0 Å². The summed E-state index contributed by atoms with van der Waals surface area (Å²) in [7, 11) is 0. The molecule has 0 heterocycles. The summed E-state index contributed by atoms with van der Waals surface area (Å²) in [5.74, 6) is 1.19. The molecule has 0 saturated carbocycles. The molecule has 0 aromatic rings. The van der Waals surface area contributed by atoms with E-state index in [1.54, 1.807) is 0 Å². The lowest BCUT2D eigenvalue weighted by Crippen LogP contribution is -2.00. The van der Waals surface area contributed by atoms with E-state index >= 15 is 0 Å². The second-order valence-electron chi connectivity index (χ2n) is 2.44. The van der Waals surface area contributed by atoms with Crippen LogP contribution in [0.2, 0.25) is 0 Å². The summed E-state index contributed by atoms with van der Waals surface area (Å²) in [5, 5.41) is 0. The standard InChI is InChI=1S/C7H16/c1-5-7(4)6(2)3/h6-7H,5H2,1-4H3/i5D. The van der Waals surface area contributed by atoms with E-state index in [-0.39, 0.29) is 6.40 Å². The van der Waals surface area contributed by atoms with Gasteiger partial charge in [-0.1, -0.05) is 34.1 Å². The molecule has 0 saturated heterocycles. The summed E-state index contributed by atoms with van der Waals surface area (Å²) in [6.45, 7) is 8.40. The van der Waals surface area contributed by atoms with Gasteiger partial charge in [-0.25, -0.2) is 0 Å². The highest BCUT2D eigenvalue weighted by Gasteiger charge is 2.01. The minimum Gasteiger partial charge on any atom is -0.0651 e. The minimum atomic E-state index is 0.0926. The summed E-state index contributed by atoms with van der Waals surface area (Å²) in [6, 6.07) is 0. The summed E-state index contributed by atoms with van der Waals surface area (Å²) in [5.41, 5.74) is 0. The first kappa shape index (κ1) is 5.14. The average molecular weight is 101 g/mol. The van der Waals surface area contributed by atoms with Crippen molar-refractivity contribution >= 4 is 0 Å². The van der Waals surface area contributed by atoms with E-state index < -0.39 is 0 Å². The smallest absolute Gasteiger partial charge is 0.0267 e. The molecule has 0 aliphatic heterocycles. The summed E-state index contributed by atoms with van der Waals surface area (Å²) < 4.78 is 7.31. The lowest BCUT2D eigenvalue weighted by molar-refractivity contribution is 0.407. The minimum absolute atomic E-state index is 0.0926. The molecular weight excluding hydrogens is 84.1 g/mol. The summed E-state index contributed by atoms with van der Waals surface area (Å²) in [6.07, 6.45) is 0.0926. The second-order valence-corrected chi connectivity index (χ2v) is 2.44. The third-order valence-electron chi connectivity index (χ3n) is 1.58. The fourth-order valence-corrected chi connectivity index (χ4v) is 0.385. The van der Waals surface area contributed by atoms with Crippen molar-refractivity contribution in [2.45, 2.75) is 34.1 Å². The highest BCUT2D eigenvalue weighted by Crippen LogP contribution is 2.11. The van der Waals surface area contributed by atoms with E-state index in [1.165, 1.54) is 0 Å². The van der Waals surface area contributed by atoms with E-state index in [1.807, 2.05) is 6.92 Å². The van der Waals surface area contributed by atoms with Gasteiger partial charge >= 0.3 is 0 Å². The van der Waals surface area contributed by atoms with Crippen LogP contribution < -0.4 is 0 Å². The quantitative estimate of drug-likeness (QED) is 0.501. The normalized spacial score (nSPS) is 21.6. The van der Waals surface area contributed by atoms with Gasteiger partial charge in [0.25, 0.3) is 0 Å². The van der Waals surface area contributed by atoms with Crippen LogP contribution in [0.5, 0.6) is 0 Å². The molecule has 0 spiro atoms. The predicted octanol–water partition coefficient (Wildman–Crippen LogP) is 2.69. The molecule has 2 unspecified atom stereocenters. The third-order valence-corrected chi connectivity index (χ3v) is 1.58. The molecule has 0 aliphatic rings. The number of hydrogen-bond donors (Lipinski definition) is 0. The van der Waals surface area contributed by atoms with Crippen molar-refractivity contribution in [3.05, 3.63) is 0 Å². The first-order valence-corrected chi connectivity index (χ1v) is 2.98. The predicted molar refractivity (Wildman–Crippen MR) is 34.3 cm³/mol. The van der Waals surface area contributed by atoms with Gasteiger partial charge in [0.05, 0.1) is 0 Å². The first-order chi connectivity index (χ1) is 3.55. The lowest BCUT2D eigenvalue weighted by atomic mass is 9.96.